The molecule has 4 nitrogen and oxygen atoms in total. The van der Waals surface area contributed by atoms with E-state index >= 15 is 0 Å². The van der Waals surface area contributed by atoms with Crippen molar-refractivity contribution in [2.45, 2.75) is 31.7 Å². The Labute approximate surface area is 174 Å². The van der Waals surface area contributed by atoms with Crippen molar-refractivity contribution in [3.63, 3.8) is 0 Å². The third kappa shape index (κ3) is 4.60. The lowest BCUT2D eigenvalue weighted by Gasteiger charge is -2.29. The molecule has 1 aliphatic heterocycles. The standard InChI is InChI=1S/C20H21Cl2N3OS/c1-13(14-5-3-6-15(21)11-14)12-25-10-9-20(2,19(25)27)24-18(26)16-7-4-8-17(22)23-16/h3-8,11,13H,9-10,12H2,1-2H3,(H,24,26). The second kappa shape index (κ2) is 8.13. The van der Waals surface area contributed by atoms with E-state index in [1.165, 1.54) is 5.56 Å². The number of benzene rings is 1. The van der Waals surface area contributed by atoms with Crippen molar-refractivity contribution in [1.29, 1.82) is 0 Å². The van der Waals surface area contributed by atoms with Gasteiger partial charge < -0.3 is 10.2 Å². The molecule has 2 unspecified atom stereocenters. The van der Waals surface area contributed by atoms with Crippen LogP contribution < -0.4 is 5.32 Å². The molecule has 1 N–H and O–H groups in total. The molecule has 1 fully saturated rings. The maximum atomic E-state index is 12.6. The van der Waals surface area contributed by atoms with Gasteiger partial charge in [-0.2, -0.15) is 0 Å². The first-order chi connectivity index (χ1) is 12.8. The summed E-state index contributed by atoms with van der Waals surface area (Å²) in [5.74, 6) is 0.00129. The highest BCUT2D eigenvalue weighted by Gasteiger charge is 2.41. The van der Waals surface area contributed by atoms with E-state index in [9.17, 15) is 4.79 Å². The predicted octanol–water partition coefficient (Wildman–Crippen LogP) is 4.71. The molecule has 1 saturated heterocycles. The van der Waals surface area contributed by atoms with Crippen LogP contribution in [-0.2, 0) is 0 Å². The summed E-state index contributed by atoms with van der Waals surface area (Å²) in [6.07, 6.45) is 0.750. The summed E-state index contributed by atoms with van der Waals surface area (Å²) in [6, 6.07) is 12.9. The highest BCUT2D eigenvalue weighted by molar-refractivity contribution is 7.80. The van der Waals surface area contributed by atoms with Gasteiger partial charge in [0.1, 0.15) is 15.8 Å². The van der Waals surface area contributed by atoms with E-state index in [1.807, 2.05) is 25.1 Å². The monoisotopic (exact) mass is 421 g/mol. The van der Waals surface area contributed by atoms with Gasteiger partial charge in [0.05, 0.1) is 5.54 Å². The minimum Gasteiger partial charge on any atom is -0.364 e. The summed E-state index contributed by atoms with van der Waals surface area (Å²) in [5, 5.41) is 4.06. The average Bonchev–Trinajstić information content (AvgIpc) is 2.90. The first-order valence-corrected chi connectivity index (χ1v) is 9.95. The molecule has 3 rings (SSSR count). The molecule has 27 heavy (non-hydrogen) atoms. The number of nitrogens with one attached hydrogen (secondary N) is 1. The Morgan fingerprint density at radius 2 is 2.07 bits per heavy atom. The minimum absolute atomic E-state index is 0.271. The van der Waals surface area contributed by atoms with Crippen LogP contribution in [0.1, 0.15) is 42.2 Å². The summed E-state index contributed by atoms with van der Waals surface area (Å²) in [4.78, 5) is 19.5. The van der Waals surface area contributed by atoms with E-state index in [1.54, 1.807) is 18.2 Å². The molecule has 1 aromatic carbocycles. The van der Waals surface area contributed by atoms with Crippen molar-refractivity contribution in [3.8, 4) is 0 Å². The Hall–Kier alpha value is -1.69. The molecule has 1 amide bonds. The highest BCUT2D eigenvalue weighted by Crippen LogP contribution is 2.28. The Bertz CT molecular complexity index is 876. The van der Waals surface area contributed by atoms with Crippen molar-refractivity contribution < 1.29 is 4.79 Å². The van der Waals surface area contributed by atoms with Gasteiger partial charge in [-0.15, -0.1) is 0 Å². The molecule has 7 heteroatoms. The lowest BCUT2D eigenvalue weighted by molar-refractivity contribution is 0.0923. The molecule has 0 radical (unpaired) electrons. The largest absolute Gasteiger partial charge is 0.364 e. The molecule has 1 aliphatic rings. The zero-order valence-electron chi connectivity index (χ0n) is 15.2. The Morgan fingerprint density at radius 3 is 2.78 bits per heavy atom. The average molecular weight is 422 g/mol. The SMILES string of the molecule is CC(CN1CCC(C)(NC(=O)c2cccc(Cl)n2)C1=S)c1cccc(Cl)c1. The van der Waals surface area contributed by atoms with Gasteiger partial charge in [0.25, 0.3) is 5.91 Å². The van der Waals surface area contributed by atoms with Crippen molar-refractivity contribution in [1.82, 2.24) is 15.2 Å². The Balaban J connectivity index is 1.67. The van der Waals surface area contributed by atoms with E-state index in [4.69, 9.17) is 35.4 Å². The molecule has 0 bridgehead atoms. The van der Waals surface area contributed by atoms with Gasteiger partial charge in [0.2, 0.25) is 0 Å². The van der Waals surface area contributed by atoms with Crippen molar-refractivity contribution >= 4 is 46.3 Å². The Kier molecular flexibility index (Phi) is 6.04. The van der Waals surface area contributed by atoms with Crippen LogP contribution in [0.4, 0.5) is 0 Å². The van der Waals surface area contributed by atoms with E-state index < -0.39 is 5.54 Å². The zero-order chi connectivity index (χ0) is 19.6. The second-order valence-corrected chi connectivity index (χ2v) is 8.30. The number of nitrogens with zero attached hydrogens (tertiary/aromatic N) is 2. The fraction of sp³-hybridized carbons (Fsp3) is 0.350. The topological polar surface area (TPSA) is 45.2 Å². The summed E-state index contributed by atoms with van der Waals surface area (Å²) in [7, 11) is 0. The lowest BCUT2D eigenvalue weighted by Crippen LogP contribution is -2.51. The lowest BCUT2D eigenvalue weighted by atomic mass is 10.00. The number of carbonyl (C=O) groups excluding carboxylic acids is 1. The molecule has 2 atom stereocenters. The normalized spacial score (nSPS) is 20.6. The molecule has 2 aromatic rings. The van der Waals surface area contributed by atoms with E-state index in [-0.39, 0.29) is 17.5 Å². The van der Waals surface area contributed by atoms with Crippen LogP contribution >= 0.6 is 35.4 Å². The number of aromatic nitrogens is 1. The van der Waals surface area contributed by atoms with Crippen molar-refractivity contribution in [3.05, 3.63) is 63.9 Å². The minimum atomic E-state index is -0.579. The molecule has 142 valence electrons. The number of rotatable bonds is 5. The number of likely N-dealkylation sites (tertiary alicyclic amines) is 1. The first-order valence-electron chi connectivity index (χ1n) is 8.78. The van der Waals surface area contributed by atoms with Gasteiger partial charge in [0, 0.05) is 18.1 Å². The first kappa shape index (κ1) is 20.1. The maximum absolute atomic E-state index is 12.6. The third-order valence-corrected chi connectivity index (χ3v) is 6.04. The molecule has 0 aliphatic carbocycles. The van der Waals surface area contributed by atoms with Crippen LogP contribution in [0.15, 0.2) is 42.5 Å². The summed E-state index contributed by atoms with van der Waals surface area (Å²) in [5.41, 5.74) is 0.883. The number of pyridine rings is 1. The number of hydrogen-bond donors (Lipinski definition) is 1. The summed E-state index contributed by atoms with van der Waals surface area (Å²) >= 11 is 17.7. The van der Waals surface area contributed by atoms with Crippen molar-refractivity contribution in [2.24, 2.45) is 0 Å². The number of amides is 1. The van der Waals surface area contributed by atoms with Crippen LogP contribution in [0.3, 0.4) is 0 Å². The fourth-order valence-electron chi connectivity index (χ4n) is 3.30. The number of thiocarbonyl (C=S) groups is 1. The predicted molar refractivity (Wildman–Crippen MR) is 114 cm³/mol. The fourth-order valence-corrected chi connectivity index (χ4v) is 3.99. The van der Waals surface area contributed by atoms with Crippen LogP contribution in [-0.4, -0.2) is 39.4 Å². The van der Waals surface area contributed by atoms with E-state index in [2.05, 4.69) is 28.2 Å². The zero-order valence-corrected chi connectivity index (χ0v) is 17.5. The highest BCUT2D eigenvalue weighted by atomic mass is 35.5. The molecular weight excluding hydrogens is 401 g/mol. The van der Waals surface area contributed by atoms with Gasteiger partial charge in [0.15, 0.2) is 0 Å². The summed E-state index contributed by atoms with van der Waals surface area (Å²) in [6.45, 7) is 5.68. The summed E-state index contributed by atoms with van der Waals surface area (Å²) < 4.78 is 0. The molecule has 1 aromatic heterocycles. The van der Waals surface area contributed by atoms with Crippen molar-refractivity contribution in [2.75, 3.05) is 13.1 Å². The number of carbonyl (C=O) groups is 1. The van der Waals surface area contributed by atoms with Crippen LogP contribution in [0.25, 0.3) is 0 Å². The van der Waals surface area contributed by atoms with Crippen LogP contribution in [0.5, 0.6) is 0 Å². The van der Waals surface area contributed by atoms with Crippen LogP contribution in [0, 0.1) is 0 Å². The van der Waals surface area contributed by atoms with Gasteiger partial charge in [-0.1, -0.05) is 60.5 Å². The smallest absolute Gasteiger partial charge is 0.270 e. The number of hydrogen-bond acceptors (Lipinski definition) is 3. The van der Waals surface area contributed by atoms with Gasteiger partial charge in [-0.25, -0.2) is 4.98 Å². The second-order valence-electron chi connectivity index (χ2n) is 7.09. The van der Waals surface area contributed by atoms with Gasteiger partial charge in [-0.05, 0) is 49.1 Å². The van der Waals surface area contributed by atoms with Crippen LogP contribution in [0.2, 0.25) is 10.2 Å². The third-order valence-electron chi connectivity index (χ3n) is 4.89. The van der Waals surface area contributed by atoms with E-state index in [0.717, 1.165) is 29.5 Å². The molecule has 0 spiro atoms. The van der Waals surface area contributed by atoms with E-state index in [0.29, 0.717) is 5.15 Å². The molecular formula is C20H21Cl2N3OS. The molecule has 2 heterocycles. The Morgan fingerprint density at radius 1 is 1.33 bits per heavy atom. The molecule has 0 saturated carbocycles. The maximum Gasteiger partial charge on any atom is 0.270 e. The van der Waals surface area contributed by atoms with Gasteiger partial charge in [-0.3, -0.25) is 4.79 Å². The number of halogens is 2. The quantitative estimate of drug-likeness (QED) is 0.560. The van der Waals surface area contributed by atoms with Gasteiger partial charge >= 0.3 is 0 Å².